The second-order valence-corrected chi connectivity index (χ2v) is 9.90. The Morgan fingerprint density at radius 3 is 2.76 bits per heavy atom. The summed E-state index contributed by atoms with van der Waals surface area (Å²) in [5.74, 6) is 2.54. The maximum Gasteiger partial charge on any atom is 0.293 e. The standard InChI is InChI=1S/C27H37N3O4/c1-32-25-16-23-21-9-5-10-22(21)27(28-19-7-4-8-20(15-19)34-18-31)29-24(23)17-26(25)33-14-6-13-30-11-2-3-12-30/h16-20H,2-15H2,1H3,(H,28,29)/t19-,20-/m1/s1. The molecule has 7 nitrogen and oxygen atoms in total. The van der Waals surface area contributed by atoms with Crippen molar-refractivity contribution in [1.29, 1.82) is 0 Å². The fourth-order valence-corrected chi connectivity index (χ4v) is 5.91. The molecule has 0 radical (unpaired) electrons. The number of pyridine rings is 1. The first-order valence-corrected chi connectivity index (χ1v) is 13.0. The molecule has 1 aromatic carbocycles. The Bertz CT molecular complexity index is 1010. The molecule has 1 aliphatic heterocycles. The molecule has 0 spiro atoms. The summed E-state index contributed by atoms with van der Waals surface area (Å²) in [6.45, 7) is 4.78. The monoisotopic (exact) mass is 467 g/mol. The maximum atomic E-state index is 10.8. The third-order valence-electron chi connectivity index (χ3n) is 7.63. The van der Waals surface area contributed by atoms with Gasteiger partial charge in [-0.1, -0.05) is 0 Å². The van der Waals surface area contributed by atoms with Gasteiger partial charge in [-0.2, -0.15) is 0 Å². The first-order chi connectivity index (χ1) is 16.7. The Labute approximate surface area is 202 Å². The fraction of sp³-hybridized carbons (Fsp3) is 0.630. The predicted molar refractivity (Wildman–Crippen MR) is 133 cm³/mol. The van der Waals surface area contributed by atoms with Crippen molar-refractivity contribution in [3.05, 3.63) is 23.3 Å². The SMILES string of the molecule is COc1cc2c3c(c(N[C@@H]4CCC[C@@H](OC=O)C4)nc2cc1OCCCN1CCCC1)CCC3. The molecule has 2 aromatic rings. The number of aromatic nitrogens is 1. The van der Waals surface area contributed by atoms with Crippen LogP contribution in [-0.2, 0) is 22.4 Å². The van der Waals surface area contributed by atoms with Crippen LogP contribution in [0.2, 0.25) is 0 Å². The molecule has 1 saturated carbocycles. The van der Waals surface area contributed by atoms with E-state index in [-0.39, 0.29) is 12.1 Å². The summed E-state index contributed by atoms with van der Waals surface area (Å²) in [5, 5.41) is 4.88. The second kappa shape index (κ2) is 10.8. The number of rotatable bonds is 10. The summed E-state index contributed by atoms with van der Waals surface area (Å²) in [6, 6.07) is 4.43. The van der Waals surface area contributed by atoms with Gasteiger partial charge in [0.05, 0.1) is 19.2 Å². The largest absolute Gasteiger partial charge is 0.493 e. The molecule has 0 bridgehead atoms. The Balaban J connectivity index is 1.35. The average molecular weight is 468 g/mol. The van der Waals surface area contributed by atoms with Crippen LogP contribution in [0.25, 0.3) is 10.9 Å². The first kappa shape index (κ1) is 23.2. The van der Waals surface area contributed by atoms with Crippen LogP contribution < -0.4 is 14.8 Å². The van der Waals surface area contributed by atoms with Gasteiger partial charge < -0.3 is 24.4 Å². The lowest BCUT2D eigenvalue weighted by Gasteiger charge is -2.29. The van der Waals surface area contributed by atoms with Gasteiger partial charge in [-0.3, -0.25) is 4.79 Å². The molecule has 1 saturated heterocycles. The van der Waals surface area contributed by atoms with Crippen LogP contribution in [0.3, 0.4) is 0 Å². The van der Waals surface area contributed by atoms with Crippen LogP contribution in [0.4, 0.5) is 5.82 Å². The van der Waals surface area contributed by atoms with Crippen molar-refractivity contribution in [2.24, 2.45) is 0 Å². The van der Waals surface area contributed by atoms with Crippen LogP contribution in [-0.4, -0.2) is 61.9 Å². The van der Waals surface area contributed by atoms with E-state index < -0.39 is 0 Å². The molecule has 2 heterocycles. The number of anilines is 1. The van der Waals surface area contributed by atoms with Crippen molar-refractivity contribution in [3.63, 3.8) is 0 Å². The minimum atomic E-state index is 0.00192. The number of hydrogen-bond donors (Lipinski definition) is 1. The summed E-state index contributed by atoms with van der Waals surface area (Å²) in [7, 11) is 1.71. The summed E-state index contributed by atoms with van der Waals surface area (Å²) in [5.41, 5.74) is 3.66. The zero-order valence-electron chi connectivity index (χ0n) is 20.3. The van der Waals surface area contributed by atoms with E-state index in [2.05, 4.69) is 16.3 Å². The molecule has 184 valence electrons. The molecule has 0 unspecified atom stereocenters. The number of benzene rings is 1. The van der Waals surface area contributed by atoms with Crippen molar-refractivity contribution in [2.45, 2.75) is 76.4 Å². The van der Waals surface area contributed by atoms with E-state index in [0.29, 0.717) is 13.1 Å². The van der Waals surface area contributed by atoms with E-state index in [4.69, 9.17) is 19.2 Å². The van der Waals surface area contributed by atoms with E-state index in [9.17, 15) is 4.79 Å². The summed E-state index contributed by atoms with van der Waals surface area (Å²) in [4.78, 5) is 18.4. The summed E-state index contributed by atoms with van der Waals surface area (Å²) in [6.07, 6.45) is 10.8. The highest BCUT2D eigenvalue weighted by Gasteiger charge is 2.27. The Morgan fingerprint density at radius 1 is 1.09 bits per heavy atom. The normalized spacial score (nSPS) is 22.5. The lowest BCUT2D eigenvalue weighted by atomic mass is 9.92. The van der Waals surface area contributed by atoms with Gasteiger partial charge in [-0.25, -0.2) is 4.98 Å². The molecule has 1 aromatic heterocycles. The quantitative estimate of drug-likeness (QED) is 0.408. The zero-order chi connectivity index (χ0) is 23.3. The average Bonchev–Trinajstić information content (AvgIpc) is 3.55. The maximum absolute atomic E-state index is 10.8. The Kier molecular flexibility index (Phi) is 7.38. The number of fused-ring (bicyclic) bond motifs is 3. The number of nitrogens with one attached hydrogen (secondary N) is 1. The van der Waals surface area contributed by atoms with Crippen LogP contribution in [0, 0.1) is 0 Å². The van der Waals surface area contributed by atoms with Gasteiger partial charge in [-0.05, 0) is 88.1 Å². The van der Waals surface area contributed by atoms with Crippen molar-refractivity contribution >= 4 is 23.2 Å². The lowest BCUT2D eigenvalue weighted by Crippen LogP contribution is -2.32. The molecule has 3 aliphatic rings. The topological polar surface area (TPSA) is 72.9 Å². The molecular weight excluding hydrogens is 430 g/mol. The van der Waals surface area contributed by atoms with Crippen molar-refractivity contribution in [3.8, 4) is 11.5 Å². The summed E-state index contributed by atoms with van der Waals surface area (Å²) >= 11 is 0. The number of likely N-dealkylation sites (tertiary alicyclic amines) is 1. The number of nitrogens with zero attached hydrogens (tertiary/aromatic N) is 2. The number of aryl methyl sites for hydroxylation is 1. The minimum absolute atomic E-state index is 0.00192. The van der Waals surface area contributed by atoms with Crippen molar-refractivity contribution in [1.82, 2.24) is 9.88 Å². The number of carbonyl (C=O) groups excluding carboxylic acids is 1. The van der Waals surface area contributed by atoms with Gasteiger partial charge in [0.2, 0.25) is 0 Å². The molecule has 2 atom stereocenters. The molecule has 7 heteroatoms. The lowest BCUT2D eigenvalue weighted by molar-refractivity contribution is -0.134. The highest BCUT2D eigenvalue weighted by molar-refractivity contribution is 5.89. The smallest absolute Gasteiger partial charge is 0.293 e. The predicted octanol–water partition coefficient (Wildman–Crippen LogP) is 4.49. The Hall–Kier alpha value is -2.54. The highest BCUT2D eigenvalue weighted by atomic mass is 16.5. The van der Waals surface area contributed by atoms with E-state index in [1.54, 1.807) is 7.11 Å². The highest BCUT2D eigenvalue weighted by Crippen LogP contribution is 2.40. The van der Waals surface area contributed by atoms with Crippen LogP contribution in [0.1, 0.15) is 62.5 Å². The van der Waals surface area contributed by atoms with Gasteiger partial charge >= 0.3 is 0 Å². The van der Waals surface area contributed by atoms with Gasteiger partial charge in [0.1, 0.15) is 11.9 Å². The van der Waals surface area contributed by atoms with E-state index in [0.717, 1.165) is 80.7 Å². The zero-order valence-corrected chi connectivity index (χ0v) is 20.3. The number of carbonyl (C=O) groups is 1. The van der Waals surface area contributed by atoms with Crippen LogP contribution >= 0.6 is 0 Å². The molecular formula is C27H37N3O4. The van der Waals surface area contributed by atoms with E-state index >= 15 is 0 Å². The van der Waals surface area contributed by atoms with Crippen molar-refractivity contribution < 1.29 is 19.0 Å². The molecule has 34 heavy (non-hydrogen) atoms. The van der Waals surface area contributed by atoms with Crippen LogP contribution in [0.5, 0.6) is 11.5 Å². The van der Waals surface area contributed by atoms with Gasteiger partial charge in [0.25, 0.3) is 6.47 Å². The third-order valence-corrected chi connectivity index (χ3v) is 7.63. The minimum Gasteiger partial charge on any atom is -0.493 e. The number of ether oxygens (including phenoxy) is 3. The van der Waals surface area contributed by atoms with Gasteiger partial charge in [0, 0.05) is 30.5 Å². The second-order valence-electron chi connectivity index (χ2n) is 9.90. The van der Waals surface area contributed by atoms with E-state index in [1.807, 2.05) is 6.07 Å². The Morgan fingerprint density at radius 2 is 1.94 bits per heavy atom. The summed E-state index contributed by atoms with van der Waals surface area (Å²) < 4.78 is 17.2. The first-order valence-electron chi connectivity index (χ1n) is 13.0. The molecule has 0 amide bonds. The van der Waals surface area contributed by atoms with Crippen LogP contribution in [0.15, 0.2) is 12.1 Å². The van der Waals surface area contributed by atoms with Gasteiger partial charge in [0.15, 0.2) is 11.5 Å². The molecule has 2 fully saturated rings. The number of hydrogen-bond acceptors (Lipinski definition) is 7. The molecule has 2 aliphatic carbocycles. The molecule has 1 N–H and O–H groups in total. The van der Waals surface area contributed by atoms with Crippen molar-refractivity contribution in [2.75, 3.05) is 38.7 Å². The van der Waals surface area contributed by atoms with E-state index in [1.165, 1.54) is 42.4 Å². The number of methoxy groups -OCH3 is 1. The third kappa shape index (κ3) is 5.09. The fourth-order valence-electron chi connectivity index (χ4n) is 5.91. The molecule has 5 rings (SSSR count). The van der Waals surface area contributed by atoms with Gasteiger partial charge in [-0.15, -0.1) is 0 Å².